The first-order valence-corrected chi connectivity index (χ1v) is 10.6. The Labute approximate surface area is 183 Å². The fraction of sp³-hybridized carbons (Fsp3) is 0.381. The lowest BCUT2D eigenvalue weighted by molar-refractivity contribution is -0.0650. The van der Waals surface area contributed by atoms with Crippen LogP contribution in [0.3, 0.4) is 0 Å². The summed E-state index contributed by atoms with van der Waals surface area (Å²) in [5, 5.41) is 5.56. The number of hydroxylamine groups is 2. The number of methoxy groups -OCH3 is 1. The van der Waals surface area contributed by atoms with Crippen LogP contribution in [0.1, 0.15) is 12.8 Å². The largest absolute Gasteiger partial charge is 0.497 e. The van der Waals surface area contributed by atoms with E-state index in [4.69, 9.17) is 31.1 Å². The monoisotopic (exact) mass is 444 g/mol. The van der Waals surface area contributed by atoms with E-state index in [1.165, 1.54) is 13.2 Å². The fourth-order valence-electron chi connectivity index (χ4n) is 3.49. The van der Waals surface area contributed by atoms with Crippen LogP contribution in [0.5, 0.6) is 11.5 Å². The van der Waals surface area contributed by atoms with Crippen molar-refractivity contribution in [2.24, 2.45) is 0 Å². The van der Waals surface area contributed by atoms with Crippen molar-refractivity contribution in [2.75, 3.05) is 43.5 Å². The van der Waals surface area contributed by atoms with Crippen LogP contribution in [-0.2, 0) is 0 Å². The number of benzene rings is 1. The predicted molar refractivity (Wildman–Crippen MR) is 116 cm³/mol. The van der Waals surface area contributed by atoms with Crippen molar-refractivity contribution in [2.45, 2.75) is 18.9 Å². The number of ether oxygens (including phenoxy) is 1. The Morgan fingerprint density at radius 3 is 2.65 bits per heavy atom. The van der Waals surface area contributed by atoms with E-state index >= 15 is 0 Å². The maximum absolute atomic E-state index is 14.2. The zero-order valence-electron chi connectivity index (χ0n) is 17.0. The van der Waals surface area contributed by atoms with E-state index in [1.807, 2.05) is 6.07 Å². The van der Waals surface area contributed by atoms with Crippen LogP contribution in [0.15, 0.2) is 30.5 Å². The third kappa shape index (κ3) is 4.28. The average Bonchev–Trinajstić information content (AvgIpc) is 3.60. The third-order valence-corrected chi connectivity index (χ3v) is 5.62. The summed E-state index contributed by atoms with van der Waals surface area (Å²) < 4.78 is 19.2. The molecule has 8 nitrogen and oxygen atoms in total. The molecule has 2 fully saturated rings. The second-order valence-corrected chi connectivity index (χ2v) is 7.95. The van der Waals surface area contributed by atoms with Crippen molar-refractivity contribution in [3.8, 4) is 11.5 Å². The highest BCUT2D eigenvalue weighted by Gasteiger charge is 2.28. The molecule has 1 aromatic carbocycles. The third-order valence-electron chi connectivity index (χ3n) is 5.34. The Kier molecular flexibility index (Phi) is 5.37. The van der Waals surface area contributed by atoms with Gasteiger partial charge in [0.15, 0.2) is 28.4 Å². The maximum Gasteiger partial charge on any atom is 0.183 e. The zero-order chi connectivity index (χ0) is 21.4. The van der Waals surface area contributed by atoms with E-state index in [0.29, 0.717) is 54.2 Å². The Morgan fingerprint density at radius 1 is 1.13 bits per heavy atom. The van der Waals surface area contributed by atoms with Gasteiger partial charge in [-0.25, -0.2) is 19.3 Å². The Balaban J connectivity index is 1.33. The summed E-state index contributed by atoms with van der Waals surface area (Å²) in [5.41, 5.74) is 1.29. The smallest absolute Gasteiger partial charge is 0.183 e. The van der Waals surface area contributed by atoms with Gasteiger partial charge in [0.2, 0.25) is 0 Å². The minimum atomic E-state index is -0.458. The molecule has 0 unspecified atom stereocenters. The molecule has 3 heterocycles. The molecule has 10 heteroatoms. The molecule has 1 saturated carbocycles. The first kappa shape index (κ1) is 20.0. The summed E-state index contributed by atoms with van der Waals surface area (Å²) >= 11 is 6.26. The summed E-state index contributed by atoms with van der Waals surface area (Å²) in [6, 6.07) is 6.80. The van der Waals surface area contributed by atoms with Crippen molar-refractivity contribution in [1.82, 2.24) is 20.0 Å². The number of nitrogens with zero attached hydrogens (tertiary/aromatic N) is 5. The zero-order valence-corrected chi connectivity index (χ0v) is 17.8. The minimum Gasteiger partial charge on any atom is -0.497 e. The lowest BCUT2D eigenvalue weighted by Crippen LogP contribution is -2.48. The van der Waals surface area contributed by atoms with Crippen LogP contribution in [0, 0.1) is 5.82 Å². The molecule has 2 aliphatic rings. The Morgan fingerprint density at radius 2 is 1.94 bits per heavy atom. The van der Waals surface area contributed by atoms with Gasteiger partial charge in [0.1, 0.15) is 11.3 Å². The normalized spacial score (nSPS) is 17.1. The number of fused-ring (bicyclic) bond motifs is 1. The summed E-state index contributed by atoms with van der Waals surface area (Å²) in [6.45, 7) is 2.45. The molecular formula is C21H22ClFN6O2. The number of aromatic nitrogens is 3. The van der Waals surface area contributed by atoms with Crippen molar-refractivity contribution < 1.29 is 14.0 Å². The highest BCUT2D eigenvalue weighted by Crippen LogP contribution is 2.32. The summed E-state index contributed by atoms with van der Waals surface area (Å²) in [6.07, 6.45) is 3.89. The van der Waals surface area contributed by atoms with Crippen LogP contribution in [0.2, 0.25) is 5.15 Å². The van der Waals surface area contributed by atoms with Crippen LogP contribution in [-0.4, -0.2) is 59.3 Å². The van der Waals surface area contributed by atoms with Crippen LogP contribution in [0.25, 0.3) is 11.0 Å². The van der Waals surface area contributed by atoms with E-state index < -0.39 is 5.82 Å². The summed E-state index contributed by atoms with van der Waals surface area (Å²) in [7, 11) is 1.50. The van der Waals surface area contributed by atoms with Gasteiger partial charge >= 0.3 is 0 Å². The molecule has 5 rings (SSSR count). The number of rotatable bonds is 6. The molecule has 1 saturated heterocycles. The first-order chi connectivity index (χ1) is 15.1. The molecule has 0 atom stereocenters. The van der Waals surface area contributed by atoms with E-state index in [9.17, 15) is 4.39 Å². The van der Waals surface area contributed by atoms with Crippen LogP contribution in [0.4, 0.5) is 16.0 Å². The minimum absolute atomic E-state index is 0.175. The number of piperazine rings is 1. The number of nitrogens with one attached hydrogen (secondary N) is 1. The van der Waals surface area contributed by atoms with Crippen molar-refractivity contribution in [1.29, 1.82) is 0 Å². The summed E-state index contributed by atoms with van der Waals surface area (Å²) in [5.74, 6) is 1.68. The van der Waals surface area contributed by atoms with E-state index in [0.717, 1.165) is 24.5 Å². The number of anilines is 2. The second-order valence-electron chi connectivity index (χ2n) is 7.59. The highest BCUT2D eigenvalue weighted by molar-refractivity contribution is 6.33. The molecular weight excluding hydrogens is 423 g/mol. The first-order valence-electron chi connectivity index (χ1n) is 10.2. The van der Waals surface area contributed by atoms with Crippen LogP contribution < -0.4 is 19.8 Å². The van der Waals surface area contributed by atoms with Gasteiger partial charge in [-0.3, -0.25) is 0 Å². The van der Waals surface area contributed by atoms with E-state index in [-0.39, 0.29) is 5.75 Å². The second kappa shape index (κ2) is 8.32. The van der Waals surface area contributed by atoms with Gasteiger partial charge in [0, 0.05) is 31.4 Å². The van der Waals surface area contributed by atoms with E-state index in [2.05, 4.69) is 15.2 Å². The standard InChI is InChI=1S/C21H22ClFN6O2/c1-30-14-4-5-17(15(23)12-14)31-29-10-8-28(9-11-29)21-20(25-13-2-3-13)26-16-6-7-24-19(22)18(16)27-21/h4-7,12-13H,2-3,8-11H2,1H3,(H,25,26). The van der Waals surface area contributed by atoms with Gasteiger partial charge in [-0.1, -0.05) is 11.6 Å². The number of halogens is 2. The van der Waals surface area contributed by atoms with Crippen molar-refractivity contribution in [3.05, 3.63) is 41.4 Å². The Hall–Kier alpha value is -2.91. The lowest BCUT2D eigenvalue weighted by Gasteiger charge is -2.35. The highest BCUT2D eigenvalue weighted by atomic mass is 35.5. The topological polar surface area (TPSA) is 75.6 Å². The predicted octanol–water partition coefficient (Wildman–Crippen LogP) is 3.52. The van der Waals surface area contributed by atoms with Gasteiger partial charge in [0.25, 0.3) is 0 Å². The van der Waals surface area contributed by atoms with Gasteiger partial charge in [-0.15, -0.1) is 5.06 Å². The molecule has 0 amide bonds. The SMILES string of the molecule is COc1ccc(ON2CCN(c3nc4c(Cl)nccc4nc3NC3CC3)CC2)c(F)c1. The molecule has 0 radical (unpaired) electrons. The summed E-state index contributed by atoms with van der Waals surface area (Å²) in [4.78, 5) is 21.6. The number of pyridine rings is 1. The Bertz CT molecular complexity index is 1100. The molecule has 0 bridgehead atoms. The quantitative estimate of drug-likeness (QED) is 0.579. The molecule has 1 aliphatic heterocycles. The molecule has 31 heavy (non-hydrogen) atoms. The fourth-order valence-corrected chi connectivity index (χ4v) is 3.69. The molecule has 1 N–H and O–H groups in total. The van der Waals surface area contributed by atoms with Gasteiger partial charge in [0.05, 0.1) is 25.7 Å². The molecule has 0 spiro atoms. The van der Waals surface area contributed by atoms with Crippen molar-refractivity contribution >= 4 is 34.3 Å². The molecule has 162 valence electrons. The van der Waals surface area contributed by atoms with E-state index in [1.54, 1.807) is 23.4 Å². The van der Waals surface area contributed by atoms with Crippen LogP contribution >= 0.6 is 11.6 Å². The molecule has 1 aliphatic carbocycles. The number of hydrogen-bond donors (Lipinski definition) is 1. The van der Waals surface area contributed by atoms with Crippen molar-refractivity contribution in [3.63, 3.8) is 0 Å². The van der Waals surface area contributed by atoms with Gasteiger partial charge in [-0.05, 0) is 31.0 Å². The molecule has 2 aromatic heterocycles. The lowest BCUT2D eigenvalue weighted by atomic mass is 10.3. The average molecular weight is 445 g/mol. The van der Waals surface area contributed by atoms with Gasteiger partial charge in [-0.2, -0.15) is 0 Å². The molecule has 3 aromatic rings. The number of hydrogen-bond acceptors (Lipinski definition) is 8. The van der Waals surface area contributed by atoms with Gasteiger partial charge < -0.3 is 19.8 Å². The maximum atomic E-state index is 14.2.